The highest BCUT2D eigenvalue weighted by Crippen LogP contribution is 2.77. The second kappa shape index (κ2) is 23.3. The minimum absolute atomic E-state index is 0.123. The van der Waals surface area contributed by atoms with Crippen molar-refractivity contribution in [3.8, 4) is 0 Å². The number of rotatable bonds is 17. The molecule has 5 aliphatic heterocycles. The monoisotopic (exact) mass is 1200 g/mol. The Hall–Kier alpha value is -1.76. The number of carbonyl (C=O) groups is 1. The first kappa shape index (κ1) is 64.7. The van der Waals surface area contributed by atoms with Crippen LogP contribution in [0.3, 0.4) is 0 Å². The van der Waals surface area contributed by atoms with Crippen molar-refractivity contribution in [3.63, 3.8) is 0 Å². The van der Waals surface area contributed by atoms with Gasteiger partial charge >= 0.3 is 16.4 Å². The molecule has 8 fully saturated rings. The van der Waals surface area contributed by atoms with E-state index in [-0.39, 0.29) is 30.6 Å². The van der Waals surface area contributed by atoms with Crippen LogP contribution in [0.5, 0.6) is 0 Å². The summed E-state index contributed by atoms with van der Waals surface area (Å²) in [6.45, 7) is 12.8. The van der Waals surface area contributed by atoms with Crippen molar-refractivity contribution in [1.29, 1.82) is 0 Å². The SMILES string of the molecule is COC1C(O)C(CO)OC(OC2C(O)C(CO)OC(OC3C(C)OC(OC4C(O[C@H]5CC[C@]6(C)C7=CC(O)C89C(=O)O[C@@](C)(C(O)CCC(C)C)[C@@]8(O)CC[C@@]9(C)C7CCC6C5(C)C)OCC(OS(=O)(=O)O)C4O)C(O)C3O)C2O)C1O. The molecule has 29 atom stereocenters. The quantitative estimate of drug-likeness (QED) is 0.0312. The average molecular weight is 1200 g/mol. The van der Waals surface area contributed by atoms with Crippen LogP contribution in [0, 0.1) is 39.4 Å². The minimum atomic E-state index is -5.20. The van der Waals surface area contributed by atoms with E-state index in [2.05, 4.69) is 6.92 Å². The zero-order valence-electron chi connectivity index (χ0n) is 47.7. The molecule has 3 saturated carbocycles. The molecule has 472 valence electrons. The standard InChI is InChI=1S/C54H88O27S/c1-22(2)10-13-30(57)52(8)53(67)17-16-51(7)24-11-12-29-49(4,5)32(14-15-50(29,6)25(24)18-31(58)54(51,53)48(66)80-52)76-47-43(35(61)28(21-72-47)81-82(68,69)70)79-44-37(63)36(62)40(23(3)73-44)77-46-39(65)42(34(60)27(20-56)75-46)78-45-38(64)41(71-9)33(59)26(19-55)74-45/h18,22-24,26-47,55-65,67H,10-17,19-21H2,1-9H3,(H,68,69,70)/t23?,24?,26?,27?,28?,29?,30?,31?,32-,33?,34?,35?,36?,37?,38?,39?,40?,41?,42?,43?,44?,45?,46?,47?,50+,51-,52-,53-,54?/m0/s1. The number of ether oxygens (including phenoxy) is 10. The van der Waals surface area contributed by atoms with Crippen molar-refractivity contribution in [2.45, 2.75) is 253 Å². The van der Waals surface area contributed by atoms with Gasteiger partial charge in [0.1, 0.15) is 96.5 Å². The summed E-state index contributed by atoms with van der Waals surface area (Å²) in [4.78, 5) is 14.5. The summed E-state index contributed by atoms with van der Waals surface area (Å²) in [5.74, 6) is -0.905. The Balaban J connectivity index is 0.915. The fourth-order valence-electron chi connectivity index (χ4n) is 16.4. The van der Waals surface area contributed by atoms with Crippen LogP contribution < -0.4 is 0 Å². The summed E-state index contributed by atoms with van der Waals surface area (Å²) >= 11 is 0. The molecular formula is C54H88O27S. The Morgan fingerprint density at radius 1 is 0.695 bits per heavy atom. The van der Waals surface area contributed by atoms with E-state index in [1.54, 1.807) is 13.0 Å². The number of hydrogen-bond acceptors (Lipinski definition) is 26. The van der Waals surface area contributed by atoms with Crippen molar-refractivity contribution in [3.05, 3.63) is 11.6 Å². The maximum Gasteiger partial charge on any atom is 0.397 e. The predicted octanol–water partition coefficient (Wildman–Crippen LogP) is -2.42. The molecule has 5 heterocycles. The van der Waals surface area contributed by atoms with Gasteiger partial charge in [-0.1, -0.05) is 53.2 Å². The fourth-order valence-corrected chi connectivity index (χ4v) is 16.9. The topological polar surface area (TPSA) is 416 Å². The zero-order chi connectivity index (χ0) is 60.4. The molecule has 0 aromatic rings. The van der Waals surface area contributed by atoms with Gasteiger partial charge in [0.2, 0.25) is 0 Å². The second-order valence-corrected chi connectivity index (χ2v) is 27.1. The summed E-state index contributed by atoms with van der Waals surface area (Å²) < 4.78 is 97.7. The Bertz CT molecular complexity index is 2420. The van der Waals surface area contributed by atoms with Gasteiger partial charge < -0.3 is 109 Å². The Labute approximate surface area is 476 Å². The third-order valence-corrected chi connectivity index (χ3v) is 21.4. The van der Waals surface area contributed by atoms with E-state index < -0.39 is 204 Å². The van der Waals surface area contributed by atoms with E-state index >= 15 is 0 Å². The second-order valence-electron chi connectivity index (χ2n) is 26.1. The van der Waals surface area contributed by atoms with Crippen LogP contribution in [0.15, 0.2) is 11.6 Å². The number of cyclic esters (lactones) is 1. The van der Waals surface area contributed by atoms with Gasteiger partial charge in [-0.3, -0.25) is 9.35 Å². The molecule has 1 spiro atoms. The van der Waals surface area contributed by atoms with Gasteiger partial charge in [0.25, 0.3) is 0 Å². The number of esters is 1. The molecule has 0 aromatic heterocycles. The van der Waals surface area contributed by atoms with Gasteiger partial charge in [0, 0.05) is 7.11 Å². The van der Waals surface area contributed by atoms with Gasteiger partial charge in [0.15, 0.2) is 30.8 Å². The van der Waals surface area contributed by atoms with Crippen molar-refractivity contribution < 1.29 is 131 Å². The highest BCUT2D eigenvalue weighted by Gasteiger charge is 2.86. The smallest absolute Gasteiger partial charge is 0.397 e. The number of fused-ring (bicyclic) bond motifs is 4. The minimum Gasteiger partial charge on any atom is -0.453 e. The summed E-state index contributed by atoms with van der Waals surface area (Å²) in [5, 5.41) is 136. The molecule has 9 aliphatic rings. The first-order chi connectivity index (χ1) is 38.2. The largest absolute Gasteiger partial charge is 0.453 e. The van der Waals surface area contributed by atoms with Gasteiger partial charge in [-0.2, -0.15) is 8.42 Å². The van der Waals surface area contributed by atoms with E-state index in [0.29, 0.717) is 38.5 Å². The van der Waals surface area contributed by atoms with E-state index in [1.807, 2.05) is 34.6 Å². The molecule has 0 aromatic carbocycles. The van der Waals surface area contributed by atoms with E-state index in [4.69, 9.17) is 51.6 Å². The Morgan fingerprint density at radius 2 is 1.28 bits per heavy atom. The lowest BCUT2D eigenvalue weighted by molar-refractivity contribution is -0.389. The molecule has 9 rings (SSSR count). The van der Waals surface area contributed by atoms with Gasteiger partial charge in [-0.05, 0) is 99.2 Å². The zero-order valence-corrected chi connectivity index (χ0v) is 48.5. The third kappa shape index (κ3) is 10.3. The molecule has 4 aliphatic carbocycles. The maximum atomic E-state index is 14.5. The van der Waals surface area contributed by atoms with Crippen LogP contribution >= 0.6 is 0 Å². The van der Waals surface area contributed by atoms with Crippen LogP contribution in [-0.4, -0.2) is 253 Å². The van der Waals surface area contributed by atoms with Gasteiger partial charge in [-0.15, -0.1) is 0 Å². The Morgan fingerprint density at radius 3 is 1.88 bits per heavy atom. The first-order valence-electron chi connectivity index (χ1n) is 28.6. The molecule has 27 nitrogen and oxygen atoms in total. The van der Waals surface area contributed by atoms with Crippen LogP contribution in [-0.2, 0) is 66.7 Å². The molecule has 24 unspecified atom stereocenters. The van der Waals surface area contributed by atoms with Crippen molar-refractivity contribution in [1.82, 2.24) is 0 Å². The highest BCUT2D eigenvalue weighted by atomic mass is 32.3. The lowest BCUT2D eigenvalue weighted by Crippen LogP contribution is -2.69. The molecule has 82 heavy (non-hydrogen) atoms. The van der Waals surface area contributed by atoms with Crippen molar-refractivity contribution in [2.24, 2.45) is 39.4 Å². The molecule has 0 bridgehead atoms. The van der Waals surface area contributed by atoms with Gasteiger partial charge in [0.05, 0.1) is 44.2 Å². The molecule has 5 saturated heterocycles. The van der Waals surface area contributed by atoms with E-state index in [9.17, 15) is 79.0 Å². The lowest BCUT2D eigenvalue weighted by atomic mass is 9.40. The molecule has 28 heteroatoms. The number of methoxy groups -OCH3 is 1. The lowest BCUT2D eigenvalue weighted by Gasteiger charge is -2.64. The van der Waals surface area contributed by atoms with Crippen LogP contribution in [0.25, 0.3) is 0 Å². The van der Waals surface area contributed by atoms with Crippen LogP contribution in [0.2, 0.25) is 0 Å². The number of allylic oxidation sites excluding steroid dienone is 1. The molecular weight excluding hydrogens is 1110 g/mol. The number of hydrogen-bond donors (Lipinski definition) is 13. The van der Waals surface area contributed by atoms with Crippen LogP contribution in [0.1, 0.15) is 107 Å². The number of aliphatic hydroxyl groups excluding tert-OH is 11. The highest BCUT2D eigenvalue weighted by molar-refractivity contribution is 7.80. The van der Waals surface area contributed by atoms with Crippen molar-refractivity contribution >= 4 is 16.4 Å². The predicted molar refractivity (Wildman–Crippen MR) is 275 cm³/mol. The summed E-state index contributed by atoms with van der Waals surface area (Å²) in [6.07, 6.45) is -30.6. The summed E-state index contributed by atoms with van der Waals surface area (Å²) in [7, 11) is -4.02. The normalized spacial score (nSPS) is 51.6. The average Bonchev–Trinajstić information content (AvgIpc) is 1.46. The number of carbonyl (C=O) groups excluding carboxylic acids is 1. The van der Waals surface area contributed by atoms with E-state index in [0.717, 1.165) is 5.57 Å². The maximum absolute atomic E-state index is 14.5. The molecule has 0 radical (unpaired) electrons. The van der Waals surface area contributed by atoms with Crippen molar-refractivity contribution in [2.75, 3.05) is 26.9 Å². The summed E-state index contributed by atoms with van der Waals surface area (Å²) in [5.41, 5.74) is -6.66. The van der Waals surface area contributed by atoms with Gasteiger partial charge in [-0.25, -0.2) is 4.18 Å². The molecule has 13 N–H and O–H groups in total. The first-order valence-corrected chi connectivity index (χ1v) is 30.0. The fraction of sp³-hybridized carbons (Fsp3) is 0.944. The third-order valence-electron chi connectivity index (χ3n) is 20.9. The van der Waals surface area contributed by atoms with Crippen LogP contribution in [0.4, 0.5) is 0 Å². The summed E-state index contributed by atoms with van der Waals surface area (Å²) in [6, 6.07) is 0. The number of aliphatic hydroxyl groups is 12. The Kier molecular flexibility index (Phi) is 18.4. The molecule has 0 amide bonds. The van der Waals surface area contributed by atoms with E-state index in [1.165, 1.54) is 14.0 Å².